The highest BCUT2D eigenvalue weighted by Gasteiger charge is 2.26. The zero-order valence-corrected chi connectivity index (χ0v) is 13.9. The first kappa shape index (κ1) is 15.9. The standard InChI is InChI=1S/C16H24BrFN2/c1-3-5-14-11-20(15(4-2)9-19-14)10-12-8-13(17)6-7-16(12)18/h6-8,14-15,19H,3-5,9-11H2,1-2H3. The number of rotatable bonds is 5. The summed E-state index contributed by atoms with van der Waals surface area (Å²) in [7, 11) is 0. The number of halogens is 2. The number of nitrogens with one attached hydrogen (secondary N) is 1. The second-order valence-electron chi connectivity index (χ2n) is 5.62. The second-order valence-corrected chi connectivity index (χ2v) is 6.54. The normalized spacial score (nSPS) is 24.0. The van der Waals surface area contributed by atoms with Crippen LogP contribution in [-0.4, -0.2) is 30.1 Å². The maximum absolute atomic E-state index is 13.9. The maximum Gasteiger partial charge on any atom is 0.127 e. The SMILES string of the molecule is CCCC1CN(Cc2cc(Br)ccc2F)C(CC)CN1. The fraction of sp³-hybridized carbons (Fsp3) is 0.625. The third-order valence-electron chi connectivity index (χ3n) is 4.10. The van der Waals surface area contributed by atoms with Crippen LogP contribution < -0.4 is 5.32 Å². The molecule has 0 saturated carbocycles. The van der Waals surface area contributed by atoms with Gasteiger partial charge in [0.05, 0.1) is 0 Å². The molecular weight excluding hydrogens is 319 g/mol. The van der Waals surface area contributed by atoms with E-state index in [9.17, 15) is 4.39 Å². The van der Waals surface area contributed by atoms with Crippen LogP contribution in [-0.2, 0) is 6.54 Å². The van der Waals surface area contributed by atoms with Crippen LogP contribution in [0.5, 0.6) is 0 Å². The second kappa shape index (κ2) is 7.53. The molecule has 1 aliphatic rings. The summed E-state index contributed by atoms with van der Waals surface area (Å²) in [4.78, 5) is 2.43. The molecule has 2 unspecified atom stereocenters. The average Bonchev–Trinajstić information content (AvgIpc) is 2.44. The molecule has 1 aliphatic heterocycles. The van der Waals surface area contributed by atoms with E-state index in [0.29, 0.717) is 18.6 Å². The van der Waals surface area contributed by atoms with E-state index in [1.165, 1.54) is 12.8 Å². The summed E-state index contributed by atoms with van der Waals surface area (Å²) in [6.07, 6.45) is 3.48. The van der Waals surface area contributed by atoms with Crippen molar-refractivity contribution in [3.05, 3.63) is 34.1 Å². The van der Waals surface area contributed by atoms with Crippen molar-refractivity contribution < 1.29 is 4.39 Å². The molecular formula is C16H24BrFN2. The first-order chi connectivity index (χ1) is 9.63. The molecule has 1 aromatic rings. The van der Waals surface area contributed by atoms with Crippen LogP contribution in [0.2, 0.25) is 0 Å². The molecule has 20 heavy (non-hydrogen) atoms. The fourth-order valence-electron chi connectivity index (χ4n) is 2.95. The monoisotopic (exact) mass is 342 g/mol. The number of benzene rings is 1. The fourth-order valence-corrected chi connectivity index (χ4v) is 3.36. The van der Waals surface area contributed by atoms with Crippen molar-refractivity contribution in [3.8, 4) is 0 Å². The Morgan fingerprint density at radius 2 is 2.20 bits per heavy atom. The minimum absolute atomic E-state index is 0.103. The molecule has 0 aliphatic carbocycles. The minimum Gasteiger partial charge on any atom is -0.311 e. The van der Waals surface area contributed by atoms with Crippen LogP contribution in [0.4, 0.5) is 4.39 Å². The number of hydrogen-bond donors (Lipinski definition) is 1. The molecule has 0 spiro atoms. The molecule has 2 nitrogen and oxygen atoms in total. The van der Waals surface area contributed by atoms with Gasteiger partial charge in [-0.15, -0.1) is 0 Å². The van der Waals surface area contributed by atoms with Gasteiger partial charge in [-0.25, -0.2) is 4.39 Å². The Hall–Kier alpha value is -0.450. The molecule has 1 N–H and O–H groups in total. The Labute approximate surface area is 129 Å². The van der Waals surface area contributed by atoms with E-state index in [2.05, 4.69) is 40.0 Å². The van der Waals surface area contributed by atoms with Gasteiger partial charge in [-0.05, 0) is 31.0 Å². The van der Waals surface area contributed by atoms with Crippen LogP contribution in [0.1, 0.15) is 38.7 Å². The van der Waals surface area contributed by atoms with Gasteiger partial charge in [-0.1, -0.05) is 36.2 Å². The zero-order chi connectivity index (χ0) is 14.5. The van der Waals surface area contributed by atoms with Crippen LogP contribution >= 0.6 is 15.9 Å². The van der Waals surface area contributed by atoms with Crippen molar-refractivity contribution in [2.45, 2.75) is 51.7 Å². The summed E-state index contributed by atoms with van der Waals surface area (Å²) in [5.41, 5.74) is 0.787. The van der Waals surface area contributed by atoms with Gasteiger partial charge in [0.1, 0.15) is 5.82 Å². The molecule has 2 atom stereocenters. The van der Waals surface area contributed by atoms with Crippen LogP contribution in [0.25, 0.3) is 0 Å². The van der Waals surface area contributed by atoms with Crippen molar-refractivity contribution in [1.82, 2.24) is 10.2 Å². The Morgan fingerprint density at radius 1 is 1.40 bits per heavy atom. The van der Waals surface area contributed by atoms with Crippen molar-refractivity contribution >= 4 is 15.9 Å². The van der Waals surface area contributed by atoms with E-state index >= 15 is 0 Å². The first-order valence-corrected chi connectivity index (χ1v) is 8.34. The molecule has 112 valence electrons. The van der Waals surface area contributed by atoms with Crippen LogP contribution in [0, 0.1) is 5.82 Å². The molecule has 1 heterocycles. The van der Waals surface area contributed by atoms with Gasteiger partial charge in [0, 0.05) is 41.8 Å². The lowest BCUT2D eigenvalue weighted by Gasteiger charge is -2.40. The van der Waals surface area contributed by atoms with Gasteiger partial charge in [0.15, 0.2) is 0 Å². The summed E-state index contributed by atoms with van der Waals surface area (Å²) in [5.74, 6) is -0.103. The molecule has 0 radical (unpaired) electrons. The lowest BCUT2D eigenvalue weighted by molar-refractivity contribution is 0.114. The van der Waals surface area contributed by atoms with E-state index in [4.69, 9.17) is 0 Å². The summed E-state index contributed by atoms with van der Waals surface area (Å²) in [6, 6.07) is 6.25. The third-order valence-corrected chi connectivity index (χ3v) is 4.60. The maximum atomic E-state index is 13.9. The summed E-state index contributed by atoms with van der Waals surface area (Å²) >= 11 is 3.43. The highest BCUT2D eigenvalue weighted by Crippen LogP contribution is 2.21. The zero-order valence-electron chi connectivity index (χ0n) is 12.3. The average molecular weight is 343 g/mol. The number of piperazine rings is 1. The van der Waals surface area contributed by atoms with E-state index in [1.807, 2.05) is 6.07 Å². The van der Waals surface area contributed by atoms with Gasteiger partial charge in [-0.3, -0.25) is 4.90 Å². The molecule has 0 bridgehead atoms. The molecule has 2 rings (SSSR count). The van der Waals surface area contributed by atoms with E-state index < -0.39 is 0 Å². The topological polar surface area (TPSA) is 15.3 Å². The van der Waals surface area contributed by atoms with Crippen molar-refractivity contribution in [2.75, 3.05) is 13.1 Å². The predicted octanol–water partition coefficient (Wildman–Crippen LogP) is 3.94. The Bertz CT molecular complexity index is 438. The molecule has 4 heteroatoms. The van der Waals surface area contributed by atoms with E-state index in [1.54, 1.807) is 12.1 Å². The first-order valence-electron chi connectivity index (χ1n) is 7.55. The van der Waals surface area contributed by atoms with Gasteiger partial charge in [0.25, 0.3) is 0 Å². The molecule has 1 saturated heterocycles. The Balaban J connectivity index is 2.09. The van der Waals surface area contributed by atoms with Gasteiger partial charge in [-0.2, -0.15) is 0 Å². The summed E-state index contributed by atoms with van der Waals surface area (Å²) < 4.78 is 14.9. The molecule has 0 aromatic heterocycles. The van der Waals surface area contributed by atoms with E-state index in [0.717, 1.165) is 29.5 Å². The number of hydrogen-bond acceptors (Lipinski definition) is 2. The largest absolute Gasteiger partial charge is 0.311 e. The molecule has 1 fully saturated rings. The Morgan fingerprint density at radius 3 is 2.90 bits per heavy atom. The van der Waals surface area contributed by atoms with Gasteiger partial charge >= 0.3 is 0 Å². The number of nitrogens with zero attached hydrogens (tertiary/aromatic N) is 1. The van der Waals surface area contributed by atoms with Crippen molar-refractivity contribution in [3.63, 3.8) is 0 Å². The highest BCUT2D eigenvalue weighted by molar-refractivity contribution is 9.10. The lowest BCUT2D eigenvalue weighted by Crippen LogP contribution is -2.55. The van der Waals surface area contributed by atoms with Crippen molar-refractivity contribution in [2.24, 2.45) is 0 Å². The van der Waals surface area contributed by atoms with Crippen LogP contribution in [0.15, 0.2) is 22.7 Å². The van der Waals surface area contributed by atoms with E-state index in [-0.39, 0.29) is 5.82 Å². The lowest BCUT2D eigenvalue weighted by atomic mass is 10.0. The third kappa shape index (κ3) is 4.03. The predicted molar refractivity (Wildman–Crippen MR) is 85.3 cm³/mol. The highest BCUT2D eigenvalue weighted by atomic mass is 79.9. The molecule has 0 amide bonds. The smallest absolute Gasteiger partial charge is 0.127 e. The summed E-state index contributed by atoms with van der Waals surface area (Å²) in [6.45, 7) is 7.14. The quantitative estimate of drug-likeness (QED) is 0.871. The van der Waals surface area contributed by atoms with Gasteiger partial charge < -0.3 is 5.32 Å². The molecule has 1 aromatic carbocycles. The van der Waals surface area contributed by atoms with Crippen molar-refractivity contribution in [1.29, 1.82) is 0 Å². The van der Waals surface area contributed by atoms with Gasteiger partial charge in [0.2, 0.25) is 0 Å². The van der Waals surface area contributed by atoms with Crippen LogP contribution in [0.3, 0.4) is 0 Å². The minimum atomic E-state index is -0.103. The Kier molecular flexibility index (Phi) is 6.00. The summed E-state index contributed by atoms with van der Waals surface area (Å²) in [5, 5.41) is 3.62.